The van der Waals surface area contributed by atoms with Crippen molar-refractivity contribution in [3.63, 3.8) is 0 Å². The first-order valence-electron chi connectivity index (χ1n) is 10.1. The molecule has 0 unspecified atom stereocenters. The Morgan fingerprint density at radius 2 is 1.66 bits per heavy atom. The van der Waals surface area contributed by atoms with Crippen molar-refractivity contribution in [3.8, 4) is 22.4 Å². The van der Waals surface area contributed by atoms with E-state index in [1.54, 1.807) is 48.7 Å². The van der Waals surface area contributed by atoms with Crippen LogP contribution < -0.4 is 4.72 Å². The van der Waals surface area contributed by atoms with E-state index >= 15 is 0 Å². The number of hydrogen-bond donors (Lipinski definition) is 2. The second kappa shape index (κ2) is 8.78. The second-order valence-electron chi connectivity index (χ2n) is 7.48. The van der Waals surface area contributed by atoms with E-state index in [0.717, 1.165) is 0 Å². The van der Waals surface area contributed by atoms with Crippen LogP contribution in [0.3, 0.4) is 0 Å². The van der Waals surface area contributed by atoms with E-state index in [-0.39, 0.29) is 21.4 Å². The van der Waals surface area contributed by atoms with E-state index in [1.165, 1.54) is 30.5 Å². The van der Waals surface area contributed by atoms with Gasteiger partial charge in [-0.15, -0.1) is 0 Å². The fourth-order valence-electron chi connectivity index (χ4n) is 3.53. The lowest BCUT2D eigenvalue weighted by Crippen LogP contribution is -2.13. The van der Waals surface area contributed by atoms with E-state index < -0.39 is 14.9 Å². The molecule has 0 spiro atoms. The van der Waals surface area contributed by atoms with Gasteiger partial charge in [0.25, 0.3) is 15.7 Å². The third kappa shape index (κ3) is 4.42. The maximum absolute atomic E-state index is 12.7. The number of pyridine rings is 2. The number of nitro groups is 1. The Hall–Kier alpha value is -4.35. The van der Waals surface area contributed by atoms with Crippen molar-refractivity contribution in [1.29, 1.82) is 0 Å². The highest BCUT2D eigenvalue weighted by Crippen LogP contribution is 2.33. The van der Waals surface area contributed by atoms with E-state index in [0.29, 0.717) is 33.4 Å². The maximum atomic E-state index is 12.7. The monoisotopic (exact) mass is 506 g/mol. The molecule has 3 heterocycles. The predicted octanol–water partition coefficient (Wildman–Crippen LogP) is 5.05. The van der Waals surface area contributed by atoms with Crippen molar-refractivity contribution in [2.45, 2.75) is 4.90 Å². The molecule has 0 saturated carbocycles. The second-order valence-corrected chi connectivity index (χ2v) is 9.52. The summed E-state index contributed by atoms with van der Waals surface area (Å²) in [5.41, 5.74) is 2.79. The van der Waals surface area contributed by atoms with Crippen molar-refractivity contribution in [2.75, 3.05) is 4.72 Å². The number of nitro benzene ring substituents is 1. The number of aromatic amines is 1. The third-order valence-corrected chi connectivity index (χ3v) is 6.91. The van der Waals surface area contributed by atoms with Gasteiger partial charge in [-0.2, -0.15) is 5.10 Å². The molecule has 5 rings (SSSR count). The first-order chi connectivity index (χ1) is 16.8. The van der Waals surface area contributed by atoms with Crippen molar-refractivity contribution < 1.29 is 13.3 Å². The van der Waals surface area contributed by atoms with Crippen LogP contribution in [0.5, 0.6) is 0 Å². The number of H-pyrrole nitrogens is 1. The van der Waals surface area contributed by atoms with Crippen molar-refractivity contribution >= 4 is 44.0 Å². The standard InChI is InChI=1S/C23H15ClN6O4S/c24-22-20(29-35(33,34)18-7-2-1-3-8-18)11-16(12-25-22)15-10-19-21(27-28-23(19)26-13-15)14-5-4-6-17(9-14)30(31)32/h1-13,29H,(H,26,27,28). The van der Waals surface area contributed by atoms with Crippen LogP contribution in [0.15, 0.2) is 84.0 Å². The van der Waals surface area contributed by atoms with Gasteiger partial charge < -0.3 is 0 Å². The van der Waals surface area contributed by atoms with Gasteiger partial charge >= 0.3 is 0 Å². The number of non-ortho nitro benzene ring substituents is 1. The molecule has 12 heteroatoms. The van der Waals surface area contributed by atoms with Crippen LogP contribution >= 0.6 is 11.6 Å². The zero-order valence-electron chi connectivity index (χ0n) is 17.7. The molecule has 0 fully saturated rings. The molecule has 10 nitrogen and oxygen atoms in total. The Morgan fingerprint density at radius 3 is 2.43 bits per heavy atom. The molecule has 0 atom stereocenters. The van der Waals surface area contributed by atoms with E-state index in [1.807, 2.05) is 0 Å². The van der Waals surface area contributed by atoms with Crippen LogP contribution in [-0.2, 0) is 10.0 Å². The molecule has 0 saturated heterocycles. The summed E-state index contributed by atoms with van der Waals surface area (Å²) in [5, 5.41) is 18.9. The Kier molecular flexibility index (Phi) is 5.63. The number of aromatic nitrogens is 4. The molecule has 0 amide bonds. The van der Waals surface area contributed by atoms with Gasteiger partial charge in [-0.1, -0.05) is 41.9 Å². The van der Waals surface area contributed by atoms with Gasteiger partial charge in [-0.3, -0.25) is 19.9 Å². The van der Waals surface area contributed by atoms with E-state index in [2.05, 4.69) is 24.9 Å². The highest BCUT2D eigenvalue weighted by molar-refractivity contribution is 7.92. The third-order valence-electron chi connectivity index (χ3n) is 5.23. The van der Waals surface area contributed by atoms with Gasteiger partial charge in [0.05, 0.1) is 21.2 Å². The van der Waals surface area contributed by atoms with Crippen LogP contribution in [0.1, 0.15) is 0 Å². The molecule has 2 N–H and O–H groups in total. The minimum Gasteiger partial charge on any atom is -0.276 e. The number of halogens is 1. The van der Waals surface area contributed by atoms with Crippen molar-refractivity contribution in [2.24, 2.45) is 0 Å². The molecule has 0 aliphatic heterocycles. The van der Waals surface area contributed by atoms with Crippen LogP contribution in [-0.4, -0.2) is 33.5 Å². The highest BCUT2D eigenvalue weighted by Gasteiger charge is 2.18. The molecule has 0 aliphatic carbocycles. The summed E-state index contributed by atoms with van der Waals surface area (Å²) >= 11 is 6.18. The quantitative estimate of drug-likeness (QED) is 0.186. The van der Waals surface area contributed by atoms with Crippen LogP contribution in [0.4, 0.5) is 11.4 Å². The van der Waals surface area contributed by atoms with Crippen LogP contribution in [0.2, 0.25) is 5.15 Å². The summed E-state index contributed by atoms with van der Waals surface area (Å²) in [7, 11) is -3.87. The van der Waals surface area contributed by atoms with Gasteiger partial charge in [0.2, 0.25) is 0 Å². The number of benzene rings is 2. The first-order valence-corrected chi connectivity index (χ1v) is 12.0. The van der Waals surface area contributed by atoms with Crippen molar-refractivity contribution in [1.82, 2.24) is 20.2 Å². The lowest BCUT2D eigenvalue weighted by molar-refractivity contribution is -0.384. The SMILES string of the molecule is O=[N+]([O-])c1cccc(-c2[nH]nc3ncc(-c4cnc(Cl)c(NS(=O)(=O)c5ccccc5)c4)cc23)c1. The first kappa shape index (κ1) is 22.4. The number of sulfonamides is 1. The summed E-state index contributed by atoms with van der Waals surface area (Å²) < 4.78 is 28.0. The van der Waals surface area contributed by atoms with Crippen molar-refractivity contribution in [3.05, 3.63) is 94.4 Å². The Labute approximate surface area is 203 Å². The summed E-state index contributed by atoms with van der Waals surface area (Å²) in [6, 6.07) is 17.4. The summed E-state index contributed by atoms with van der Waals surface area (Å²) in [6.07, 6.45) is 3.07. The average molecular weight is 507 g/mol. The lowest BCUT2D eigenvalue weighted by atomic mass is 10.0. The number of fused-ring (bicyclic) bond motifs is 1. The minimum atomic E-state index is -3.87. The zero-order chi connectivity index (χ0) is 24.6. The maximum Gasteiger partial charge on any atom is 0.270 e. The molecule has 2 aromatic carbocycles. The zero-order valence-corrected chi connectivity index (χ0v) is 19.3. The smallest absolute Gasteiger partial charge is 0.270 e. The van der Waals surface area contributed by atoms with E-state index in [4.69, 9.17) is 11.6 Å². The topological polar surface area (TPSA) is 144 Å². The average Bonchev–Trinajstić information content (AvgIpc) is 3.29. The number of hydrogen-bond acceptors (Lipinski definition) is 7. The van der Waals surface area contributed by atoms with E-state index in [9.17, 15) is 18.5 Å². The number of nitrogens with one attached hydrogen (secondary N) is 2. The normalized spacial score (nSPS) is 11.5. The van der Waals surface area contributed by atoms with Crippen LogP contribution in [0.25, 0.3) is 33.4 Å². The molecule has 0 bridgehead atoms. The molecule has 0 radical (unpaired) electrons. The number of anilines is 1. The molecule has 174 valence electrons. The molecule has 0 aliphatic rings. The largest absolute Gasteiger partial charge is 0.276 e. The van der Waals surface area contributed by atoms with Gasteiger partial charge in [-0.05, 0) is 24.3 Å². The molecular weight excluding hydrogens is 492 g/mol. The fraction of sp³-hybridized carbons (Fsp3) is 0. The molecule has 35 heavy (non-hydrogen) atoms. The van der Waals surface area contributed by atoms with Gasteiger partial charge in [0.15, 0.2) is 10.8 Å². The number of rotatable bonds is 6. The molecule has 5 aromatic rings. The van der Waals surface area contributed by atoms with Gasteiger partial charge in [0, 0.05) is 46.6 Å². The summed E-state index contributed by atoms with van der Waals surface area (Å²) in [6.45, 7) is 0. The summed E-state index contributed by atoms with van der Waals surface area (Å²) in [4.78, 5) is 19.3. The molecular formula is C23H15ClN6O4S. The predicted molar refractivity (Wildman–Crippen MR) is 131 cm³/mol. The van der Waals surface area contributed by atoms with Gasteiger partial charge in [0.1, 0.15) is 0 Å². The lowest BCUT2D eigenvalue weighted by Gasteiger charge is -2.11. The molecule has 3 aromatic heterocycles. The fourth-order valence-corrected chi connectivity index (χ4v) is 4.82. The Balaban J connectivity index is 1.54. The number of nitrogens with zero attached hydrogens (tertiary/aromatic N) is 4. The summed E-state index contributed by atoms with van der Waals surface area (Å²) in [5.74, 6) is 0. The Bertz CT molecular complexity index is 1690. The van der Waals surface area contributed by atoms with Crippen LogP contribution in [0, 0.1) is 10.1 Å². The van der Waals surface area contributed by atoms with Gasteiger partial charge in [-0.25, -0.2) is 18.4 Å². The minimum absolute atomic E-state index is 0.0112. The highest BCUT2D eigenvalue weighted by atomic mass is 35.5. The Morgan fingerprint density at radius 1 is 0.914 bits per heavy atom.